The maximum Gasteiger partial charge on any atom is 0.416 e. The van der Waals surface area contributed by atoms with Gasteiger partial charge in [0, 0.05) is 35.7 Å². The molecular formula is C25H16F3N3O. The lowest BCUT2D eigenvalue weighted by Gasteiger charge is -2.18. The van der Waals surface area contributed by atoms with Crippen LogP contribution in [-0.2, 0) is 6.18 Å². The van der Waals surface area contributed by atoms with Crippen LogP contribution >= 0.6 is 0 Å². The topological polar surface area (TPSA) is 66.6 Å². The van der Waals surface area contributed by atoms with Crippen molar-refractivity contribution < 1.29 is 18.0 Å². The number of carbonyl (C=O) groups excluding carboxylic acids is 1. The first kappa shape index (κ1) is 21.2. The Kier molecular flexibility index (Phi) is 5.69. The molecule has 7 heteroatoms. The van der Waals surface area contributed by atoms with E-state index in [0.717, 1.165) is 17.5 Å². The SMILES string of the molecule is N#Cc1cccnc1[C@@H](CC(=O)c1ccc2cccnc2c1)c1ccc(C(F)(F)F)cc1. The van der Waals surface area contributed by atoms with Gasteiger partial charge < -0.3 is 0 Å². The zero-order valence-corrected chi connectivity index (χ0v) is 16.7. The number of hydrogen-bond donors (Lipinski definition) is 0. The first-order valence-electron chi connectivity index (χ1n) is 9.77. The average molecular weight is 431 g/mol. The van der Waals surface area contributed by atoms with Gasteiger partial charge in [-0.05, 0) is 42.0 Å². The minimum Gasteiger partial charge on any atom is -0.294 e. The fourth-order valence-corrected chi connectivity index (χ4v) is 3.61. The summed E-state index contributed by atoms with van der Waals surface area (Å²) in [6.07, 6.45) is -1.40. The van der Waals surface area contributed by atoms with Crippen LogP contribution in [0.2, 0.25) is 0 Å². The molecule has 4 rings (SSSR count). The van der Waals surface area contributed by atoms with Crippen LogP contribution < -0.4 is 0 Å². The average Bonchev–Trinajstić information content (AvgIpc) is 2.81. The Balaban J connectivity index is 1.73. The van der Waals surface area contributed by atoms with E-state index in [2.05, 4.69) is 16.0 Å². The highest BCUT2D eigenvalue weighted by atomic mass is 19.4. The molecule has 4 nitrogen and oxygen atoms in total. The van der Waals surface area contributed by atoms with Crippen LogP contribution in [0.4, 0.5) is 13.2 Å². The number of benzene rings is 2. The number of hydrogen-bond acceptors (Lipinski definition) is 4. The summed E-state index contributed by atoms with van der Waals surface area (Å²) in [5.41, 5.74) is 1.41. The van der Waals surface area contributed by atoms with Gasteiger partial charge in [0.05, 0.1) is 22.3 Å². The molecule has 0 amide bonds. The van der Waals surface area contributed by atoms with Crippen molar-refractivity contribution in [2.75, 3.05) is 0 Å². The van der Waals surface area contributed by atoms with E-state index in [9.17, 15) is 23.2 Å². The highest BCUT2D eigenvalue weighted by Crippen LogP contribution is 2.34. The van der Waals surface area contributed by atoms with Gasteiger partial charge in [-0.1, -0.05) is 30.3 Å². The molecule has 2 heterocycles. The summed E-state index contributed by atoms with van der Waals surface area (Å²) in [7, 11) is 0. The van der Waals surface area contributed by atoms with Crippen LogP contribution in [0.1, 0.15) is 45.1 Å². The molecule has 0 spiro atoms. The van der Waals surface area contributed by atoms with E-state index in [4.69, 9.17) is 0 Å². The van der Waals surface area contributed by atoms with Crippen LogP contribution in [0.25, 0.3) is 10.9 Å². The van der Waals surface area contributed by atoms with Gasteiger partial charge in [0.15, 0.2) is 5.78 Å². The number of nitriles is 1. The monoisotopic (exact) mass is 431 g/mol. The Morgan fingerprint density at radius 3 is 2.41 bits per heavy atom. The van der Waals surface area contributed by atoms with E-state index in [1.165, 1.54) is 18.3 Å². The Hall–Kier alpha value is -4.05. The lowest BCUT2D eigenvalue weighted by atomic mass is 9.86. The maximum absolute atomic E-state index is 13.2. The van der Waals surface area contributed by atoms with Gasteiger partial charge in [0.25, 0.3) is 0 Å². The van der Waals surface area contributed by atoms with Crippen LogP contribution in [0.3, 0.4) is 0 Å². The molecule has 0 radical (unpaired) electrons. The first-order valence-corrected chi connectivity index (χ1v) is 9.77. The van der Waals surface area contributed by atoms with Crippen molar-refractivity contribution in [3.63, 3.8) is 0 Å². The van der Waals surface area contributed by atoms with Crippen molar-refractivity contribution in [2.24, 2.45) is 0 Å². The molecule has 0 saturated carbocycles. The smallest absolute Gasteiger partial charge is 0.294 e. The zero-order chi connectivity index (χ0) is 22.7. The van der Waals surface area contributed by atoms with Gasteiger partial charge >= 0.3 is 6.18 Å². The second-order valence-electron chi connectivity index (χ2n) is 7.26. The molecule has 0 unspecified atom stereocenters. The van der Waals surface area contributed by atoms with E-state index in [-0.39, 0.29) is 17.8 Å². The summed E-state index contributed by atoms with van der Waals surface area (Å²) < 4.78 is 39.0. The number of aromatic nitrogens is 2. The first-order chi connectivity index (χ1) is 15.4. The highest BCUT2D eigenvalue weighted by Gasteiger charge is 2.31. The van der Waals surface area contributed by atoms with Gasteiger partial charge in [0.2, 0.25) is 0 Å². The van der Waals surface area contributed by atoms with Gasteiger partial charge in [-0.15, -0.1) is 0 Å². The molecule has 158 valence electrons. The molecule has 0 aliphatic rings. The number of fused-ring (bicyclic) bond motifs is 1. The van der Waals surface area contributed by atoms with Gasteiger partial charge in [-0.2, -0.15) is 18.4 Å². The van der Waals surface area contributed by atoms with Gasteiger partial charge in [0.1, 0.15) is 6.07 Å². The lowest BCUT2D eigenvalue weighted by molar-refractivity contribution is -0.137. The third-order valence-electron chi connectivity index (χ3n) is 5.25. The summed E-state index contributed by atoms with van der Waals surface area (Å²) >= 11 is 0. The normalized spacial score (nSPS) is 12.3. The maximum atomic E-state index is 13.2. The number of carbonyl (C=O) groups is 1. The highest BCUT2D eigenvalue weighted by molar-refractivity contribution is 5.99. The molecule has 2 aromatic carbocycles. The molecule has 0 saturated heterocycles. The van der Waals surface area contributed by atoms with E-state index in [0.29, 0.717) is 22.3 Å². The number of nitrogens with zero attached hydrogens (tertiary/aromatic N) is 3. The van der Waals surface area contributed by atoms with Crippen LogP contribution in [0.15, 0.2) is 79.1 Å². The minimum atomic E-state index is -4.47. The molecular weight excluding hydrogens is 415 g/mol. The second kappa shape index (κ2) is 8.60. The standard InChI is InChI=1S/C25H16F3N3O/c26-25(27,28)20-9-7-16(8-10-20)21(24-19(15-29)4-2-12-31-24)14-23(32)18-6-5-17-3-1-11-30-22(17)13-18/h1-13,21H,14H2/t21-/m0/s1. The van der Waals surface area contributed by atoms with E-state index in [1.807, 2.05) is 6.07 Å². The Labute approximate surface area is 182 Å². The molecule has 4 aromatic rings. The fraction of sp³-hybridized carbons (Fsp3) is 0.120. The third-order valence-corrected chi connectivity index (χ3v) is 5.25. The largest absolute Gasteiger partial charge is 0.416 e. The fourth-order valence-electron chi connectivity index (χ4n) is 3.61. The van der Waals surface area contributed by atoms with E-state index >= 15 is 0 Å². The van der Waals surface area contributed by atoms with Crippen LogP contribution in [-0.4, -0.2) is 15.8 Å². The Bertz CT molecular complexity index is 1320. The third kappa shape index (κ3) is 4.35. The number of pyridine rings is 2. The van der Waals surface area contributed by atoms with Crippen molar-refractivity contribution >= 4 is 16.7 Å². The number of ketones is 1. The second-order valence-corrected chi connectivity index (χ2v) is 7.26. The predicted octanol–water partition coefficient (Wildman–Crippen LogP) is 5.93. The van der Waals surface area contributed by atoms with Crippen LogP contribution in [0.5, 0.6) is 0 Å². The molecule has 2 aromatic heterocycles. The van der Waals surface area contributed by atoms with Gasteiger partial charge in [-0.3, -0.25) is 14.8 Å². The van der Waals surface area contributed by atoms with Crippen molar-refractivity contribution in [3.8, 4) is 6.07 Å². The summed E-state index contributed by atoms with van der Waals surface area (Å²) in [5, 5.41) is 10.4. The Morgan fingerprint density at radius 1 is 0.969 bits per heavy atom. The zero-order valence-electron chi connectivity index (χ0n) is 16.7. The summed E-state index contributed by atoms with van der Waals surface area (Å²) in [6, 6.07) is 18.7. The van der Waals surface area contributed by atoms with E-state index < -0.39 is 17.7 Å². The van der Waals surface area contributed by atoms with Crippen molar-refractivity contribution in [1.29, 1.82) is 5.26 Å². The van der Waals surface area contributed by atoms with Crippen molar-refractivity contribution in [1.82, 2.24) is 9.97 Å². The summed E-state index contributed by atoms with van der Waals surface area (Å²) in [5.74, 6) is -0.906. The molecule has 0 aliphatic heterocycles. The molecule has 0 aliphatic carbocycles. The molecule has 0 bridgehead atoms. The van der Waals surface area contributed by atoms with Gasteiger partial charge in [-0.25, -0.2) is 0 Å². The quantitative estimate of drug-likeness (QED) is 0.368. The number of halogens is 3. The van der Waals surface area contributed by atoms with Crippen LogP contribution in [0, 0.1) is 11.3 Å². The molecule has 0 N–H and O–H groups in total. The number of rotatable bonds is 5. The molecule has 32 heavy (non-hydrogen) atoms. The Morgan fingerprint density at radius 2 is 1.69 bits per heavy atom. The number of alkyl halides is 3. The lowest BCUT2D eigenvalue weighted by Crippen LogP contribution is -2.13. The minimum absolute atomic E-state index is 0.0601. The molecule has 0 fully saturated rings. The summed E-state index contributed by atoms with van der Waals surface area (Å²) in [4.78, 5) is 21.7. The predicted molar refractivity (Wildman–Crippen MR) is 113 cm³/mol. The van der Waals surface area contributed by atoms with Crippen molar-refractivity contribution in [3.05, 3.63) is 107 Å². The van der Waals surface area contributed by atoms with Crippen molar-refractivity contribution in [2.45, 2.75) is 18.5 Å². The number of Topliss-reactive ketones (excluding diaryl/α,β-unsaturated/α-hetero) is 1. The summed E-state index contributed by atoms with van der Waals surface area (Å²) in [6.45, 7) is 0. The molecule has 1 atom stereocenters. The van der Waals surface area contributed by atoms with E-state index in [1.54, 1.807) is 42.6 Å².